The smallest absolute Gasteiger partial charge is 0.242 e. The van der Waals surface area contributed by atoms with Crippen LogP contribution in [0.1, 0.15) is 11.4 Å². The number of aromatic nitrogens is 3. The molecule has 0 bridgehead atoms. The number of nitrogens with one attached hydrogen (secondary N) is 1. The number of para-hydroxylation sites is 1. The molecule has 0 spiro atoms. The first-order valence-corrected chi connectivity index (χ1v) is 11.0. The number of rotatable bonds is 7. The van der Waals surface area contributed by atoms with Crippen molar-refractivity contribution in [2.75, 3.05) is 7.11 Å². The van der Waals surface area contributed by atoms with E-state index in [1.807, 2.05) is 34.9 Å². The third-order valence-corrected chi connectivity index (χ3v) is 6.55. The predicted octanol–water partition coefficient (Wildman–Crippen LogP) is 3.62. The lowest BCUT2D eigenvalue weighted by Gasteiger charge is -2.13. The standard InChI is InChI=1S/C21H19ClN4O3S/c1-29-18-10-4-2-7-15(18)14-26-20(25-17-9-6-12-23-21(17)26)13-24-30(27,28)19-11-5-3-8-16(19)22/h2-12,24H,13-14H2,1H3. The zero-order valence-corrected chi connectivity index (χ0v) is 17.7. The summed E-state index contributed by atoms with van der Waals surface area (Å²) in [6.07, 6.45) is 1.68. The highest BCUT2D eigenvalue weighted by atomic mass is 35.5. The van der Waals surface area contributed by atoms with Crippen LogP contribution in [0.15, 0.2) is 71.8 Å². The van der Waals surface area contributed by atoms with Crippen molar-refractivity contribution in [3.05, 3.63) is 83.3 Å². The van der Waals surface area contributed by atoms with Gasteiger partial charge in [-0.3, -0.25) is 0 Å². The molecule has 1 N–H and O–H groups in total. The van der Waals surface area contributed by atoms with Gasteiger partial charge in [-0.05, 0) is 30.3 Å². The first-order chi connectivity index (χ1) is 14.5. The highest BCUT2D eigenvalue weighted by Crippen LogP contribution is 2.23. The van der Waals surface area contributed by atoms with Gasteiger partial charge in [-0.15, -0.1) is 0 Å². The molecule has 0 aliphatic carbocycles. The lowest BCUT2D eigenvalue weighted by atomic mass is 10.2. The second-order valence-corrected chi connectivity index (χ2v) is 8.67. The number of methoxy groups -OCH3 is 1. The van der Waals surface area contributed by atoms with Gasteiger partial charge in [0.2, 0.25) is 10.0 Å². The van der Waals surface area contributed by atoms with Crippen molar-refractivity contribution in [2.45, 2.75) is 18.0 Å². The Hall–Kier alpha value is -2.94. The number of pyridine rings is 1. The van der Waals surface area contributed by atoms with Crippen molar-refractivity contribution in [2.24, 2.45) is 0 Å². The van der Waals surface area contributed by atoms with E-state index in [0.29, 0.717) is 23.5 Å². The van der Waals surface area contributed by atoms with E-state index >= 15 is 0 Å². The fourth-order valence-electron chi connectivity index (χ4n) is 3.21. The Morgan fingerprint density at radius 1 is 1.07 bits per heavy atom. The average Bonchev–Trinajstić information content (AvgIpc) is 3.10. The molecular formula is C21H19ClN4O3S. The molecule has 4 rings (SSSR count). The Labute approximate surface area is 179 Å². The number of nitrogens with zero attached hydrogens (tertiary/aromatic N) is 3. The fraction of sp³-hybridized carbons (Fsp3) is 0.143. The zero-order chi connectivity index (χ0) is 21.1. The van der Waals surface area contributed by atoms with Gasteiger partial charge in [0.1, 0.15) is 22.0 Å². The molecule has 2 aromatic carbocycles. The number of sulfonamides is 1. The molecule has 0 amide bonds. The Bertz CT molecular complexity index is 1300. The minimum atomic E-state index is -3.81. The number of benzene rings is 2. The van der Waals surface area contributed by atoms with Crippen LogP contribution < -0.4 is 9.46 Å². The number of imidazole rings is 1. The lowest BCUT2D eigenvalue weighted by Crippen LogP contribution is -2.25. The largest absolute Gasteiger partial charge is 0.496 e. The first kappa shape index (κ1) is 20.3. The minimum absolute atomic E-state index is 0.0148. The molecule has 9 heteroatoms. The van der Waals surface area contributed by atoms with Crippen molar-refractivity contribution in [3.63, 3.8) is 0 Å². The number of halogens is 1. The third kappa shape index (κ3) is 4.02. The number of ether oxygens (including phenoxy) is 1. The molecule has 154 valence electrons. The molecular weight excluding hydrogens is 424 g/mol. The number of hydrogen-bond donors (Lipinski definition) is 1. The summed E-state index contributed by atoms with van der Waals surface area (Å²) in [6.45, 7) is 0.416. The van der Waals surface area contributed by atoms with Gasteiger partial charge in [0.25, 0.3) is 0 Å². The van der Waals surface area contributed by atoms with Crippen molar-refractivity contribution < 1.29 is 13.2 Å². The molecule has 0 atom stereocenters. The van der Waals surface area contributed by atoms with Gasteiger partial charge in [0.15, 0.2) is 5.65 Å². The van der Waals surface area contributed by atoms with E-state index < -0.39 is 10.0 Å². The first-order valence-electron chi connectivity index (χ1n) is 9.16. The summed E-state index contributed by atoms with van der Waals surface area (Å²) in [5.41, 5.74) is 2.27. The monoisotopic (exact) mass is 442 g/mol. The van der Waals surface area contributed by atoms with Gasteiger partial charge in [0, 0.05) is 11.8 Å². The summed E-state index contributed by atoms with van der Waals surface area (Å²) in [6, 6.07) is 17.6. The summed E-state index contributed by atoms with van der Waals surface area (Å²) in [5, 5.41) is 0.161. The van der Waals surface area contributed by atoms with Gasteiger partial charge in [-0.25, -0.2) is 23.1 Å². The van der Waals surface area contributed by atoms with Gasteiger partial charge >= 0.3 is 0 Å². The van der Waals surface area contributed by atoms with Crippen LogP contribution in [0, 0.1) is 0 Å². The van der Waals surface area contributed by atoms with Crippen LogP contribution in [0.5, 0.6) is 5.75 Å². The fourth-order valence-corrected chi connectivity index (χ4v) is 4.71. The Morgan fingerprint density at radius 3 is 2.63 bits per heavy atom. The van der Waals surface area contributed by atoms with E-state index in [0.717, 1.165) is 11.3 Å². The van der Waals surface area contributed by atoms with Crippen LogP contribution in [0.4, 0.5) is 0 Å². The zero-order valence-electron chi connectivity index (χ0n) is 16.1. The highest BCUT2D eigenvalue weighted by molar-refractivity contribution is 7.89. The topological polar surface area (TPSA) is 86.1 Å². The lowest BCUT2D eigenvalue weighted by molar-refractivity contribution is 0.408. The van der Waals surface area contributed by atoms with Gasteiger partial charge in [-0.1, -0.05) is 41.9 Å². The van der Waals surface area contributed by atoms with E-state index in [4.69, 9.17) is 16.3 Å². The molecule has 0 radical (unpaired) electrons. The Morgan fingerprint density at radius 2 is 1.83 bits per heavy atom. The van der Waals surface area contributed by atoms with Crippen LogP contribution in [0.25, 0.3) is 11.2 Å². The second kappa shape index (κ2) is 8.43. The summed E-state index contributed by atoms with van der Waals surface area (Å²) in [7, 11) is -2.20. The molecule has 0 fully saturated rings. The second-order valence-electron chi connectivity index (χ2n) is 6.53. The molecule has 2 aromatic heterocycles. The molecule has 0 aliphatic rings. The molecule has 4 aromatic rings. The molecule has 30 heavy (non-hydrogen) atoms. The minimum Gasteiger partial charge on any atom is -0.496 e. The van der Waals surface area contributed by atoms with Crippen LogP contribution in [0.2, 0.25) is 5.02 Å². The molecule has 2 heterocycles. The summed E-state index contributed by atoms with van der Waals surface area (Å²) < 4.78 is 35.4. The molecule has 0 saturated carbocycles. The summed E-state index contributed by atoms with van der Waals surface area (Å²) in [5.74, 6) is 1.27. The van der Waals surface area contributed by atoms with Crippen LogP contribution in [0.3, 0.4) is 0 Å². The molecule has 0 saturated heterocycles. The Balaban J connectivity index is 1.69. The van der Waals surface area contributed by atoms with E-state index in [1.54, 1.807) is 31.5 Å². The van der Waals surface area contributed by atoms with Crippen molar-refractivity contribution >= 4 is 32.8 Å². The van der Waals surface area contributed by atoms with E-state index in [1.165, 1.54) is 12.1 Å². The maximum absolute atomic E-state index is 12.7. The SMILES string of the molecule is COc1ccccc1Cn1c(CNS(=O)(=O)c2ccccc2Cl)nc2cccnc21. The van der Waals surface area contributed by atoms with Crippen LogP contribution in [-0.2, 0) is 23.1 Å². The normalized spacial score (nSPS) is 11.7. The number of fused-ring (bicyclic) bond motifs is 1. The molecule has 0 unspecified atom stereocenters. The van der Waals surface area contributed by atoms with Crippen molar-refractivity contribution in [1.82, 2.24) is 19.3 Å². The highest BCUT2D eigenvalue weighted by Gasteiger charge is 2.20. The predicted molar refractivity (Wildman–Crippen MR) is 115 cm³/mol. The van der Waals surface area contributed by atoms with E-state index in [9.17, 15) is 8.42 Å². The maximum atomic E-state index is 12.7. The molecule has 7 nitrogen and oxygen atoms in total. The van der Waals surface area contributed by atoms with Crippen molar-refractivity contribution in [3.8, 4) is 5.75 Å². The van der Waals surface area contributed by atoms with Gasteiger partial charge in [0.05, 0.1) is 25.2 Å². The molecule has 0 aliphatic heterocycles. The number of hydrogen-bond acceptors (Lipinski definition) is 5. The summed E-state index contributed by atoms with van der Waals surface area (Å²) in [4.78, 5) is 9.04. The quantitative estimate of drug-likeness (QED) is 0.472. The van der Waals surface area contributed by atoms with Crippen LogP contribution in [-0.4, -0.2) is 30.1 Å². The third-order valence-electron chi connectivity index (χ3n) is 4.65. The van der Waals surface area contributed by atoms with Crippen molar-refractivity contribution in [1.29, 1.82) is 0 Å². The maximum Gasteiger partial charge on any atom is 0.242 e. The van der Waals surface area contributed by atoms with E-state index in [-0.39, 0.29) is 16.5 Å². The van der Waals surface area contributed by atoms with Gasteiger partial charge < -0.3 is 9.30 Å². The average molecular weight is 443 g/mol. The summed E-state index contributed by atoms with van der Waals surface area (Å²) >= 11 is 6.06. The van der Waals surface area contributed by atoms with Crippen LogP contribution >= 0.6 is 11.6 Å². The van der Waals surface area contributed by atoms with Gasteiger partial charge in [-0.2, -0.15) is 0 Å². The van der Waals surface area contributed by atoms with E-state index in [2.05, 4.69) is 14.7 Å². The Kier molecular flexibility index (Phi) is 5.72.